The summed E-state index contributed by atoms with van der Waals surface area (Å²) in [5, 5.41) is 3.05. The van der Waals surface area contributed by atoms with E-state index in [-0.39, 0.29) is 24.0 Å². The van der Waals surface area contributed by atoms with Crippen molar-refractivity contribution < 1.29 is 4.79 Å². The molecule has 0 aromatic carbocycles. The van der Waals surface area contributed by atoms with Crippen molar-refractivity contribution in [3.63, 3.8) is 0 Å². The fraction of sp³-hybridized carbons (Fsp3) is 0.917. The van der Waals surface area contributed by atoms with Crippen LogP contribution in [0.1, 0.15) is 44.9 Å². The maximum Gasteiger partial charge on any atom is 0.237 e. The number of carbonyl (C=O) groups is 1. The van der Waals surface area contributed by atoms with Crippen LogP contribution < -0.4 is 16.8 Å². The van der Waals surface area contributed by atoms with Crippen LogP contribution in [0, 0.1) is 5.92 Å². The lowest BCUT2D eigenvalue weighted by molar-refractivity contribution is -0.125. The molecule has 4 heteroatoms. The van der Waals surface area contributed by atoms with Crippen molar-refractivity contribution in [3.05, 3.63) is 0 Å². The summed E-state index contributed by atoms with van der Waals surface area (Å²) in [5.74, 6) is 0.445. The first-order valence-electron chi connectivity index (χ1n) is 6.48. The molecule has 4 nitrogen and oxygen atoms in total. The lowest BCUT2D eigenvalue weighted by atomic mass is 9.79. The Kier molecular flexibility index (Phi) is 3.82. The molecule has 2 saturated carbocycles. The SMILES string of the molecule is NC1CCCC(NC(=O)C(N)C2CCC2)C1. The first kappa shape index (κ1) is 11.9. The fourth-order valence-corrected chi connectivity index (χ4v) is 2.67. The largest absolute Gasteiger partial charge is 0.352 e. The molecule has 2 fully saturated rings. The molecule has 2 aliphatic carbocycles. The Morgan fingerprint density at radius 2 is 1.88 bits per heavy atom. The molecule has 3 unspecified atom stereocenters. The monoisotopic (exact) mass is 225 g/mol. The van der Waals surface area contributed by atoms with Crippen molar-refractivity contribution in [3.8, 4) is 0 Å². The van der Waals surface area contributed by atoms with Crippen LogP contribution >= 0.6 is 0 Å². The zero-order chi connectivity index (χ0) is 11.5. The molecule has 16 heavy (non-hydrogen) atoms. The normalized spacial score (nSPS) is 32.9. The predicted octanol–water partition coefficient (Wildman–Crippen LogP) is 0.500. The number of carbonyl (C=O) groups excluding carboxylic acids is 1. The van der Waals surface area contributed by atoms with Gasteiger partial charge >= 0.3 is 0 Å². The molecule has 3 atom stereocenters. The van der Waals surface area contributed by atoms with Crippen LogP contribution in [-0.2, 0) is 4.79 Å². The highest BCUT2D eigenvalue weighted by atomic mass is 16.2. The summed E-state index contributed by atoms with van der Waals surface area (Å²) in [6.07, 6.45) is 7.60. The van der Waals surface area contributed by atoms with Crippen molar-refractivity contribution in [2.75, 3.05) is 0 Å². The van der Waals surface area contributed by atoms with E-state index in [0.29, 0.717) is 5.92 Å². The first-order chi connectivity index (χ1) is 7.66. The Morgan fingerprint density at radius 3 is 2.44 bits per heavy atom. The molecule has 0 spiro atoms. The standard InChI is InChI=1S/C12H23N3O/c13-9-5-2-6-10(7-9)15-12(16)11(14)8-3-1-4-8/h8-11H,1-7,13-14H2,(H,15,16). The number of nitrogens with two attached hydrogens (primary N) is 2. The second-order valence-electron chi connectivity index (χ2n) is 5.35. The summed E-state index contributed by atoms with van der Waals surface area (Å²) < 4.78 is 0. The minimum absolute atomic E-state index is 0.0313. The first-order valence-corrected chi connectivity index (χ1v) is 6.48. The van der Waals surface area contributed by atoms with Gasteiger partial charge in [-0.1, -0.05) is 6.42 Å². The highest BCUT2D eigenvalue weighted by Crippen LogP contribution is 2.29. The zero-order valence-electron chi connectivity index (χ0n) is 9.82. The molecular formula is C12H23N3O. The van der Waals surface area contributed by atoms with Gasteiger partial charge in [0.1, 0.15) is 0 Å². The van der Waals surface area contributed by atoms with Gasteiger partial charge in [0.2, 0.25) is 5.91 Å². The summed E-state index contributed by atoms with van der Waals surface area (Å²) in [7, 11) is 0. The van der Waals surface area contributed by atoms with Crippen LogP contribution in [0.3, 0.4) is 0 Å². The van der Waals surface area contributed by atoms with Crippen LogP contribution in [0.2, 0.25) is 0 Å². The lowest BCUT2D eigenvalue weighted by Crippen LogP contribution is -2.52. The quantitative estimate of drug-likeness (QED) is 0.654. The zero-order valence-corrected chi connectivity index (χ0v) is 9.82. The number of hydrogen-bond acceptors (Lipinski definition) is 3. The summed E-state index contributed by atoms with van der Waals surface area (Å²) >= 11 is 0. The third-order valence-corrected chi connectivity index (χ3v) is 4.02. The molecule has 0 heterocycles. The number of amides is 1. The van der Waals surface area contributed by atoms with Crippen molar-refractivity contribution >= 4 is 5.91 Å². The topological polar surface area (TPSA) is 81.1 Å². The van der Waals surface area contributed by atoms with E-state index in [1.165, 1.54) is 6.42 Å². The highest BCUT2D eigenvalue weighted by molar-refractivity contribution is 5.82. The molecule has 0 radical (unpaired) electrons. The lowest BCUT2D eigenvalue weighted by Gasteiger charge is -2.33. The molecule has 0 aromatic rings. The minimum atomic E-state index is -0.299. The van der Waals surface area contributed by atoms with Gasteiger partial charge in [-0.25, -0.2) is 0 Å². The van der Waals surface area contributed by atoms with Gasteiger partial charge in [0, 0.05) is 12.1 Å². The van der Waals surface area contributed by atoms with E-state index < -0.39 is 0 Å². The molecule has 0 saturated heterocycles. The molecular weight excluding hydrogens is 202 g/mol. The minimum Gasteiger partial charge on any atom is -0.352 e. The summed E-state index contributed by atoms with van der Waals surface area (Å²) in [6, 6.07) is 0.202. The van der Waals surface area contributed by atoms with E-state index in [1.54, 1.807) is 0 Å². The number of nitrogens with one attached hydrogen (secondary N) is 1. The van der Waals surface area contributed by atoms with Gasteiger partial charge in [0.25, 0.3) is 0 Å². The molecule has 0 bridgehead atoms. The molecule has 0 aromatic heterocycles. The van der Waals surface area contributed by atoms with Gasteiger partial charge in [-0.05, 0) is 44.4 Å². The third kappa shape index (κ3) is 2.74. The molecule has 92 valence electrons. The van der Waals surface area contributed by atoms with E-state index in [0.717, 1.165) is 38.5 Å². The average Bonchev–Trinajstić information content (AvgIpc) is 2.14. The van der Waals surface area contributed by atoms with Crippen LogP contribution in [0.15, 0.2) is 0 Å². The number of hydrogen-bond donors (Lipinski definition) is 3. The molecule has 5 N–H and O–H groups in total. The second kappa shape index (κ2) is 5.15. The maximum absolute atomic E-state index is 11.9. The Labute approximate surface area is 97.1 Å². The van der Waals surface area contributed by atoms with Crippen molar-refractivity contribution in [1.29, 1.82) is 0 Å². The van der Waals surface area contributed by atoms with Crippen LogP contribution in [0.4, 0.5) is 0 Å². The van der Waals surface area contributed by atoms with E-state index >= 15 is 0 Å². The molecule has 2 rings (SSSR count). The van der Waals surface area contributed by atoms with E-state index in [4.69, 9.17) is 11.5 Å². The van der Waals surface area contributed by atoms with Crippen molar-refractivity contribution in [1.82, 2.24) is 5.32 Å². The highest BCUT2D eigenvalue weighted by Gasteiger charge is 2.31. The molecule has 0 aliphatic heterocycles. The molecule has 2 aliphatic rings. The van der Waals surface area contributed by atoms with Gasteiger partial charge in [-0.15, -0.1) is 0 Å². The van der Waals surface area contributed by atoms with Crippen LogP contribution in [0.5, 0.6) is 0 Å². The van der Waals surface area contributed by atoms with E-state index in [1.807, 2.05) is 0 Å². The fourth-order valence-electron chi connectivity index (χ4n) is 2.67. The Bertz CT molecular complexity index is 253. The Hall–Kier alpha value is -0.610. The summed E-state index contributed by atoms with van der Waals surface area (Å²) in [4.78, 5) is 11.9. The Balaban J connectivity index is 1.77. The predicted molar refractivity (Wildman–Crippen MR) is 63.7 cm³/mol. The van der Waals surface area contributed by atoms with Crippen molar-refractivity contribution in [2.24, 2.45) is 17.4 Å². The van der Waals surface area contributed by atoms with Gasteiger partial charge in [-0.3, -0.25) is 4.79 Å². The van der Waals surface area contributed by atoms with Crippen molar-refractivity contribution in [2.45, 2.75) is 63.1 Å². The molecule has 1 amide bonds. The third-order valence-electron chi connectivity index (χ3n) is 4.02. The van der Waals surface area contributed by atoms with E-state index in [2.05, 4.69) is 5.32 Å². The van der Waals surface area contributed by atoms with Gasteiger partial charge in [0.15, 0.2) is 0 Å². The van der Waals surface area contributed by atoms with E-state index in [9.17, 15) is 4.79 Å². The van der Waals surface area contributed by atoms with Gasteiger partial charge < -0.3 is 16.8 Å². The smallest absolute Gasteiger partial charge is 0.237 e. The Morgan fingerprint density at radius 1 is 1.19 bits per heavy atom. The number of rotatable bonds is 3. The second-order valence-corrected chi connectivity index (χ2v) is 5.35. The van der Waals surface area contributed by atoms with Gasteiger partial charge in [-0.2, -0.15) is 0 Å². The summed E-state index contributed by atoms with van der Waals surface area (Å²) in [6.45, 7) is 0. The maximum atomic E-state index is 11.9. The van der Waals surface area contributed by atoms with Crippen LogP contribution in [0.25, 0.3) is 0 Å². The summed E-state index contributed by atoms with van der Waals surface area (Å²) in [5.41, 5.74) is 11.8. The van der Waals surface area contributed by atoms with Gasteiger partial charge in [0.05, 0.1) is 6.04 Å². The van der Waals surface area contributed by atoms with Crippen LogP contribution in [-0.4, -0.2) is 24.0 Å². The average molecular weight is 225 g/mol.